The van der Waals surface area contributed by atoms with Crippen molar-refractivity contribution in [2.75, 3.05) is 32.9 Å². The maximum absolute atomic E-state index is 11.2. The summed E-state index contributed by atoms with van der Waals surface area (Å²) in [6, 6.07) is 17.2. The number of ether oxygens (including phenoxy) is 3. The van der Waals surface area contributed by atoms with Crippen molar-refractivity contribution in [1.29, 1.82) is 0 Å². The summed E-state index contributed by atoms with van der Waals surface area (Å²) in [4.78, 5) is 7.94. The first kappa shape index (κ1) is 26.5. The van der Waals surface area contributed by atoms with Gasteiger partial charge in [0.2, 0.25) is 0 Å². The number of phenols is 1. The molecule has 6 aliphatic rings. The lowest BCUT2D eigenvalue weighted by molar-refractivity contribution is -0.206. The van der Waals surface area contributed by atoms with Gasteiger partial charge in [0.25, 0.3) is 0 Å². The van der Waals surface area contributed by atoms with Crippen LogP contribution >= 0.6 is 0 Å². The van der Waals surface area contributed by atoms with Gasteiger partial charge in [0, 0.05) is 56.2 Å². The Bertz CT molecular complexity index is 1530. The van der Waals surface area contributed by atoms with Crippen molar-refractivity contribution in [3.63, 3.8) is 0 Å². The highest BCUT2D eigenvalue weighted by Crippen LogP contribution is 2.69. The number of rotatable bonds is 8. The standard InChI is InChI=1S/C37H42N2O4/c40-30-11-10-27-20-31-37(42-16-4-5-24-12-17-41-18-13-24)21-28-19-29(26-6-2-1-3-7-26)22-38-33(28)35-36(37,32(27)34(30)43-35)14-15-39(31)23-25-8-9-25/h1-3,6-7,10-11,19,22,24-25,31,35,40H,4-5,8-9,12-18,20-21,23H2/t31-,35+,36+,37-/m1/s1. The van der Waals surface area contributed by atoms with E-state index in [0.29, 0.717) is 5.75 Å². The van der Waals surface area contributed by atoms with Crippen LogP contribution in [0, 0.1) is 11.8 Å². The quantitative estimate of drug-likeness (QED) is 0.313. The van der Waals surface area contributed by atoms with Gasteiger partial charge in [0.05, 0.1) is 11.1 Å². The van der Waals surface area contributed by atoms with Gasteiger partial charge in [-0.05, 0) is 98.6 Å². The fraction of sp³-hybridized carbons (Fsp3) is 0.541. The van der Waals surface area contributed by atoms with Crippen molar-refractivity contribution in [3.05, 3.63) is 77.1 Å². The minimum atomic E-state index is -0.434. The molecule has 0 unspecified atom stereocenters. The SMILES string of the molecule is Oc1ccc2c3c1O[C@H]1c4ncc(-c5ccccc5)cc4C[C@@]4(OCCCC5CCOCC5)[C@@H](C2)N(CC2CC2)CC[C@]314. The van der Waals surface area contributed by atoms with Crippen LogP contribution in [0.3, 0.4) is 0 Å². The van der Waals surface area contributed by atoms with Crippen molar-refractivity contribution in [2.24, 2.45) is 11.8 Å². The predicted octanol–water partition coefficient (Wildman–Crippen LogP) is 6.38. The summed E-state index contributed by atoms with van der Waals surface area (Å²) in [5, 5.41) is 11.2. The number of nitrogens with zero attached hydrogens (tertiary/aromatic N) is 2. The van der Waals surface area contributed by atoms with E-state index in [4.69, 9.17) is 19.2 Å². The number of phenolic OH excluding ortho intramolecular Hbond substituents is 1. The molecule has 3 fully saturated rings. The van der Waals surface area contributed by atoms with Crippen molar-refractivity contribution in [3.8, 4) is 22.6 Å². The first-order valence-electron chi connectivity index (χ1n) is 16.7. The smallest absolute Gasteiger partial charge is 0.166 e. The normalized spacial score (nSPS) is 30.9. The molecule has 3 aliphatic heterocycles. The Balaban J connectivity index is 1.17. The van der Waals surface area contributed by atoms with Crippen LogP contribution in [0.25, 0.3) is 11.1 Å². The Morgan fingerprint density at radius 3 is 2.67 bits per heavy atom. The summed E-state index contributed by atoms with van der Waals surface area (Å²) in [7, 11) is 0. The topological polar surface area (TPSA) is 64.0 Å². The van der Waals surface area contributed by atoms with Crippen LogP contribution in [0.15, 0.2) is 54.7 Å². The lowest BCUT2D eigenvalue weighted by atomic mass is 9.48. The van der Waals surface area contributed by atoms with E-state index < -0.39 is 5.60 Å². The van der Waals surface area contributed by atoms with E-state index in [2.05, 4.69) is 47.4 Å². The summed E-state index contributed by atoms with van der Waals surface area (Å²) in [5.41, 5.74) is 6.33. The van der Waals surface area contributed by atoms with Gasteiger partial charge < -0.3 is 19.3 Å². The number of pyridine rings is 1. The van der Waals surface area contributed by atoms with Crippen LogP contribution in [0.2, 0.25) is 0 Å². The molecule has 1 saturated carbocycles. The van der Waals surface area contributed by atoms with E-state index in [1.807, 2.05) is 12.3 Å². The molecule has 4 heterocycles. The minimum Gasteiger partial charge on any atom is -0.504 e. The molecule has 1 N–H and O–H groups in total. The Morgan fingerprint density at radius 2 is 1.84 bits per heavy atom. The molecule has 2 bridgehead atoms. The predicted molar refractivity (Wildman–Crippen MR) is 164 cm³/mol. The monoisotopic (exact) mass is 578 g/mol. The number of aromatic hydroxyl groups is 1. The number of likely N-dealkylation sites (tertiary alicyclic amines) is 1. The summed E-state index contributed by atoms with van der Waals surface area (Å²) >= 11 is 0. The lowest BCUT2D eigenvalue weighted by Crippen LogP contribution is -2.75. The van der Waals surface area contributed by atoms with Crippen LogP contribution < -0.4 is 4.74 Å². The number of hydrogen-bond acceptors (Lipinski definition) is 6. The zero-order valence-corrected chi connectivity index (χ0v) is 25.0. The van der Waals surface area contributed by atoms with Crippen molar-refractivity contribution in [1.82, 2.24) is 9.88 Å². The summed E-state index contributed by atoms with van der Waals surface area (Å²) < 4.78 is 20.0. The van der Waals surface area contributed by atoms with Crippen LogP contribution in [0.1, 0.15) is 73.4 Å². The second-order valence-corrected chi connectivity index (χ2v) is 14.1. The Morgan fingerprint density at radius 1 is 0.977 bits per heavy atom. The molecular weight excluding hydrogens is 536 g/mol. The van der Waals surface area contributed by atoms with Gasteiger partial charge in [-0.1, -0.05) is 36.4 Å². The lowest BCUT2D eigenvalue weighted by Gasteiger charge is -2.64. The summed E-state index contributed by atoms with van der Waals surface area (Å²) in [5.74, 6) is 2.47. The first-order chi connectivity index (χ1) is 21.2. The molecule has 224 valence electrons. The Labute approximate surface area is 254 Å². The Hall–Kier alpha value is -2.93. The number of hydrogen-bond donors (Lipinski definition) is 1. The maximum atomic E-state index is 11.2. The number of fused-ring (bicyclic) bond motifs is 2. The average molecular weight is 579 g/mol. The van der Waals surface area contributed by atoms with E-state index >= 15 is 0 Å². The van der Waals surface area contributed by atoms with E-state index in [-0.39, 0.29) is 23.3 Å². The molecule has 0 amide bonds. The molecular formula is C37H42N2O4. The van der Waals surface area contributed by atoms with E-state index in [1.54, 1.807) is 0 Å². The van der Waals surface area contributed by atoms with Crippen molar-refractivity contribution < 1.29 is 19.3 Å². The third kappa shape index (κ3) is 3.99. The summed E-state index contributed by atoms with van der Waals surface area (Å²) in [6.45, 7) is 4.75. The fourth-order valence-electron chi connectivity index (χ4n) is 9.53. The molecule has 2 saturated heterocycles. The maximum Gasteiger partial charge on any atom is 0.166 e. The molecule has 1 aromatic heterocycles. The van der Waals surface area contributed by atoms with Gasteiger partial charge in [-0.2, -0.15) is 0 Å². The van der Waals surface area contributed by atoms with E-state index in [9.17, 15) is 5.11 Å². The second-order valence-electron chi connectivity index (χ2n) is 14.1. The third-order valence-corrected chi connectivity index (χ3v) is 11.8. The molecule has 3 aliphatic carbocycles. The highest BCUT2D eigenvalue weighted by Gasteiger charge is 2.73. The highest BCUT2D eigenvalue weighted by atomic mass is 16.5. The van der Waals surface area contributed by atoms with Crippen LogP contribution in [-0.4, -0.2) is 59.5 Å². The molecule has 9 rings (SSSR count). The van der Waals surface area contributed by atoms with Gasteiger partial charge in [-0.25, -0.2) is 0 Å². The van der Waals surface area contributed by atoms with Gasteiger partial charge in [0.1, 0.15) is 5.60 Å². The van der Waals surface area contributed by atoms with Crippen molar-refractivity contribution in [2.45, 2.75) is 80.9 Å². The molecule has 1 spiro atoms. The zero-order chi connectivity index (χ0) is 28.6. The van der Waals surface area contributed by atoms with E-state index in [0.717, 1.165) is 81.7 Å². The average Bonchev–Trinajstić information content (AvgIpc) is 3.79. The minimum absolute atomic E-state index is 0.247. The van der Waals surface area contributed by atoms with Crippen LogP contribution in [0.4, 0.5) is 0 Å². The van der Waals surface area contributed by atoms with Gasteiger partial charge in [0.15, 0.2) is 17.6 Å². The van der Waals surface area contributed by atoms with E-state index in [1.165, 1.54) is 54.4 Å². The third-order valence-electron chi connectivity index (χ3n) is 11.8. The fourth-order valence-corrected chi connectivity index (χ4v) is 9.53. The first-order valence-corrected chi connectivity index (χ1v) is 16.7. The van der Waals surface area contributed by atoms with Crippen molar-refractivity contribution >= 4 is 0 Å². The van der Waals surface area contributed by atoms with Gasteiger partial charge in [-0.15, -0.1) is 0 Å². The number of aromatic nitrogens is 1. The molecule has 3 aromatic rings. The molecule has 0 radical (unpaired) electrons. The molecule has 2 aromatic carbocycles. The van der Waals surface area contributed by atoms with Crippen LogP contribution in [0.5, 0.6) is 11.5 Å². The van der Waals surface area contributed by atoms with Gasteiger partial charge in [-0.3, -0.25) is 9.88 Å². The van der Waals surface area contributed by atoms with Crippen LogP contribution in [-0.2, 0) is 27.7 Å². The molecule has 4 atom stereocenters. The zero-order valence-electron chi connectivity index (χ0n) is 25.0. The molecule has 6 nitrogen and oxygen atoms in total. The largest absolute Gasteiger partial charge is 0.504 e. The summed E-state index contributed by atoms with van der Waals surface area (Å²) in [6.07, 6.45) is 11.8. The molecule has 6 heteroatoms. The second kappa shape index (κ2) is 10.0. The van der Waals surface area contributed by atoms with Gasteiger partial charge >= 0.3 is 0 Å². The Kier molecular flexibility index (Phi) is 6.19. The molecule has 43 heavy (non-hydrogen) atoms. The number of benzene rings is 2. The number of piperidine rings is 1. The highest BCUT2D eigenvalue weighted by molar-refractivity contribution is 5.67.